The van der Waals surface area contributed by atoms with E-state index in [1.807, 2.05) is 24.1 Å². The van der Waals surface area contributed by atoms with E-state index in [0.29, 0.717) is 6.04 Å². The summed E-state index contributed by atoms with van der Waals surface area (Å²) in [6.45, 7) is 2.87. The van der Waals surface area contributed by atoms with Crippen LogP contribution in [-0.2, 0) is 13.6 Å². The Kier molecular flexibility index (Phi) is 3.27. The summed E-state index contributed by atoms with van der Waals surface area (Å²) in [5.74, 6) is 1.08. The maximum atomic E-state index is 4.50. The first-order valence-electron chi connectivity index (χ1n) is 6.99. The van der Waals surface area contributed by atoms with Gasteiger partial charge in [0.2, 0.25) is 0 Å². The number of anilines is 1. The van der Waals surface area contributed by atoms with Crippen molar-refractivity contribution < 1.29 is 0 Å². The number of nitrogens with one attached hydrogen (secondary N) is 1. The van der Waals surface area contributed by atoms with Crippen molar-refractivity contribution in [3.63, 3.8) is 0 Å². The zero-order valence-corrected chi connectivity index (χ0v) is 11.6. The zero-order chi connectivity index (χ0) is 13.2. The van der Waals surface area contributed by atoms with Crippen molar-refractivity contribution in [1.29, 1.82) is 0 Å². The largest absolute Gasteiger partial charge is 0.366 e. The average Bonchev–Trinajstić information content (AvgIpc) is 3.10. The second kappa shape index (κ2) is 5.07. The van der Waals surface area contributed by atoms with Gasteiger partial charge in [-0.3, -0.25) is 9.36 Å². The molecule has 0 amide bonds. The van der Waals surface area contributed by atoms with E-state index in [2.05, 4.69) is 33.3 Å². The highest BCUT2D eigenvalue weighted by atomic mass is 15.3. The summed E-state index contributed by atoms with van der Waals surface area (Å²) in [6.07, 6.45) is 11.2. The fourth-order valence-corrected chi connectivity index (χ4v) is 2.82. The van der Waals surface area contributed by atoms with Gasteiger partial charge >= 0.3 is 0 Å². The van der Waals surface area contributed by atoms with E-state index in [4.69, 9.17) is 0 Å². The molecular weight excluding hydrogens is 238 g/mol. The van der Waals surface area contributed by atoms with Crippen LogP contribution in [0, 0.1) is 6.92 Å². The van der Waals surface area contributed by atoms with E-state index in [1.165, 1.54) is 36.8 Å². The zero-order valence-electron chi connectivity index (χ0n) is 11.6. The molecule has 3 rings (SSSR count). The van der Waals surface area contributed by atoms with Crippen LogP contribution in [0.25, 0.3) is 0 Å². The van der Waals surface area contributed by atoms with Gasteiger partial charge in [0.15, 0.2) is 0 Å². The van der Waals surface area contributed by atoms with Crippen LogP contribution in [0.1, 0.15) is 42.9 Å². The second-order valence-corrected chi connectivity index (χ2v) is 5.42. The molecule has 19 heavy (non-hydrogen) atoms. The Morgan fingerprint density at radius 2 is 2.05 bits per heavy atom. The molecule has 0 radical (unpaired) electrons. The van der Waals surface area contributed by atoms with Crippen molar-refractivity contribution in [2.24, 2.45) is 7.05 Å². The summed E-state index contributed by atoms with van der Waals surface area (Å²) in [5.41, 5.74) is 2.40. The summed E-state index contributed by atoms with van der Waals surface area (Å²) in [6, 6.07) is 0.618. The van der Waals surface area contributed by atoms with Crippen LogP contribution in [0.2, 0.25) is 0 Å². The van der Waals surface area contributed by atoms with Crippen LogP contribution in [0.15, 0.2) is 18.6 Å². The Morgan fingerprint density at radius 1 is 1.26 bits per heavy atom. The number of aromatic nitrogens is 4. The lowest BCUT2D eigenvalue weighted by Gasteiger charge is -2.09. The van der Waals surface area contributed by atoms with Gasteiger partial charge in [-0.25, -0.2) is 0 Å². The smallest absolute Gasteiger partial charge is 0.127 e. The van der Waals surface area contributed by atoms with Crippen molar-refractivity contribution in [3.8, 4) is 0 Å². The molecule has 2 heterocycles. The predicted molar refractivity (Wildman–Crippen MR) is 75.0 cm³/mol. The van der Waals surface area contributed by atoms with E-state index in [-0.39, 0.29) is 0 Å². The van der Waals surface area contributed by atoms with Crippen molar-refractivity contribution in [1.82, 2.24) is 19.6 Å². The Morgan fingerprint density at radius 3 is 2.74 bits per heavy atom. The van der Waals surface area contributed by atoms with E-state index < -0.39 is 0 Å². The number of nitrogens with zero attached hydrogens (tertiary/aromatic N) is 4. The van der Waals surface area contributed by atoms with Crippen LogP contribution in [0.4, 0.5) is 5.82 Å². The highest BCUT2D eigenvalue weighted by Crippen LogP contribution is 2.28. The summed E-state index contributed by atoms with van der Waals surface area (Å²) >= 11 is 0. The van der Waals surface area contributed by atoms with Crippen molar-refractivity contribution >= 4 is 5.82 Å². The number of rotatable bonds is 4. The molecule has 0 saturated heterocycles. The molecule has 0 bridgehead atoms. The lowest BCUT2D eigenvalue weighted by Crippen LogP contribution is -2.06. The van der Waals surface area contributed by atoms with Gasteiger partial charge in [0.1, 0.15) is 5.82 Å². The standard InChI is InChI=1S/C14H21N5/c1-11-7-16-18(2)14(11)15-8-12-9-17-19(10-12)13-5-3-4-6-13/h7,9-10,13,15H,3-6,8H2,1-2H3. The van der Waals surface area contributed by atoms with E-state index in [1.54, 1.807) is 0 Å². The first-order chi connectivity index (χ1) is 9.24. The summed E-state index contributed by atoms with van der Waals surface area (Å²) < 4.78 is 4.01. The molecule has 1 fully saturated rings. The lowest BCUT2D eigenvalue weighted by atomic mass is 10.2. The quantitative estimate of drug-likeness (QED) is 0.918. The minimum atomic E-state index is 0.618. The molecule has 2 aromatic heterocycles. The van der Waals surface area contributed by atoms with Crippen LogP contribution < -0.4 is 5.32 Å². The molecule has 5 heteroatoms. The molecule has 5 nitrogen and oxygen atoms in total. The summed E-state index contributed by atoms with van der Waals surface area (Å²) in [7, 11) is 1.96. The second-order valence-electron chi connectivity index (χ2n) is 5.42. The maximum Gasteiger partial charge on any atom is 0.127 e. The lowest BCUT2D eigenvalue weighted by molar-refractivity contribution is 0.466. The molecule has 0 spiro atoms. The van der Waals surface area contributed by atoms with Gasteiger partial charge in [0.05, 0.1) is 18.4 Å². The van der Waals surface area contributed by atoms with E-state index >= 15 is 0 Å². The van der Waals surface area contributed by atoms with Gasteiger partial charge in [-0.2, -0.15) is 10.2 Å². The molecule has 0 unspecified atom stereocenters. The molecule has 0 atom stereocenters. The van der Waals surface area contributed by atoms with Crippen molar-refractivity contribution in [2.75, 3.05) is 5.32 Å². The van der Waals surface area contributed by atoms with E-state index in [9.17, 15) is 0 Å². The van der Waals surface area contributed by atoms with Crippen LogP contribution in [0.5, 0.6) is 0 Å². The maximum absolute atomic E-state index is 4.50. The summed E-state index contributed by atoms with van der Waals surface area (Å²) in [5, 5.41) is 12.2. The molecule has 1 aliphatic carbocycles. The van der Waals surface area contributed by atoms with Gasteiger partial charge in [0, 0.05) is 30.9 Å². The number of aryl methyl sites for hydroxylation is 2. The highest BCUT2D eigenvalue weighted by Gasteiger charge is 2.17. The van der Waals surface area contributed by atoms with Gasteiger partial charge < -0.3 is 5.32 Å². The molecule has 1 N–H and O–H groups in total. The minimum absolute atomic E-state index is 0.618. The molecule has 0 aromatic carbocycles. The SMILES string of the molecule is Cc1cnn(C)c1NCc1cnn(C2CCCC2)c1. The molecular formula is C14H21N5. The molecule has 1 saturated carbocycles. The van der Waals surface area contributed by atoms with Crippen molar-refractivity contribution in [3.05, 3.63) is 29.7 Å². The van der Waals surface area contributed by atoms with Crippen LogP contribution in [-0.4, -0.2) is 19.6 Å². The van der Waals surface area contributed by atoms with Crippen LogP contribution >= 0.6 is 0 Å². The molecule has 102 valence electrons. The topological polar surface area (TPSA) is 47.7 Å². The Labute approximate surface area is 113 Å². The predicted octanol–water partition coefficient (Wildman–Crippen LogP) is 2.65. The normalized spacial score (nSPS) is 16.1. The molecule has 0 aliphatic heterocycles. The summed E-state index contributed by atoms with van der Waals surface area (Å²) in [4.78, 5) is 0. The van der Waals surface area contributed by atoms with Gasteiger partial charge in [0.25, 0.3) is 0 Å². The van der Waals surface area contributed by atoms with Crippen molar-refractivity contribution in [2.45, 2.75) is 45.2 Å². The minimum Gasteiger partial charge on any atom is -0.366 e. The van der Waals surface area contributed by atoms with Gasteiger partial charge in [-0.15, -0.1) is 0 Å². The van der Waals surface area contributed by atoms with Crippen LogP contribution in [0.3, 0.4) is 0 Å². The molecule has 1 aliphatic rings. The third-order valence-corrected chi connectivity index (χ3v) is 3.94. The average molecular weight is 259 g/mol. The third kappa shape index (κ3) is 2.50. The fourth-order valence-electron chi connectivity index (χ4n) is 2.82. The molecule has 2 aromatic rings. The Bertz CT molecular complexity index is 528. The fraction of sp³-hybridized carbons (Fsp3) is 0.571. The van der Waals surface area contributed by atoms with E-state index in [0.717, 1.165) is 12.4 Å². The Balaban J connectivity index is 1.64. The first kappa shape index (κ1) is 12.3. The number of hydrogen-bond donors (Lipinski definition) is 1. The van der Waals surface area contributed by atoms with Gasteiger partial charge in [-0.1, -0.05) is 12.8 Å². The first-order valence-corrected chi connectivity index (χ1v) is 6.99. The Hall–Kier alpha value is -1.78. The highest BCUT2D eigenvalue weighted by molar-refractivity contribution is 5.43. The monoisotopic (exact) mass is 259 g/mol. The third-order valence-electron chi connectivity index (χ3n) is 3.94. The number of hydrogen-bond acceptors (Lipinski definition) is 3. The van der Waals surface area contributed by atoms with Gasteiger partial charge in [-0.05, 0) is 19.8 Å².